The van der Waals surface area contributed by atoms with Crippen molar-refractivity contribution in [3.63, 3.8) is 0 Å². The highest BCUT2D eigenvalue weighted by atomic mass is 16.5. The summed E-state index contributed by atoms with van der Waals surface area (Å²) < 4.78 is 5.39. The normalized spacial score (nSPS) is 29.0. The number of rotatable bonds is 3. The van der Waals surface area contributed by atoms with Crippen LogP contribution in [0.4, 0.5) is 0 Å². The molecular weight excluding hydrogens is 282 g/mol. The van der Waals surface area contributed by atoms with Crippen LogP contribution >= 0.6 is 0 Å². The lowest BCUT2D eigenvalue weighted by molar-refractivity contribution is -0.107. The zero-order valence-electron chi connectivity index (χ0n) is 13.3. The van der Waals surface area contributed by atoms with Gasteiger partial charge in [0.2, 0.25) is 0 Å². The Labute approximate surface area is 130 Å². The first-order valence-corrected chi connectivity index (χ1v) is 7.60. The second-order valence-electron chi connectivity index (χ2n) is 7.37. The van der Waals surface area contributed by atoms with E-state index >= 15 is 0 Å². The van der Waals surface area contributed by atoms with Gasteiger partial charge in [0, 0.05) is 25.6 Å². The van der Waals surface area contributed by atoms with Crippen LogP contribution in [-0.2, 0) is 4.74 Å². The lowest BCUT2D eigenvalue weighted by atomic mass is 9.48. The number of fused-ring (bicyclic) bond motifs is 1. The second-order valence-corrected chi connectivity index (χ2v) is 7.37. The molecule has 2 aliphatic rings. The number of hydrogen-bond acceptors (Lipinski definition) is 4. The number of amides is 1. The smallest absolute Gasteiger partial charge is 0.261 e. The van der Waals surface area contributed by atoms with Crippen LogP contribution in [-0.4, -0.2) is 47.8 Å². The molecule has 0 aromatic heterocycles. The van der Waals surface area contributed by atoms with Crippen LogP contribution in [0.2, 0.25) is 0 Å². The summed E-state index contributed by atoms with van der Waals surface area (Å²) in [4.78, 5) is 14.5. The number of phenols is 2. The number of carbonyl (C=O) groups excluding carboxylic acids is 1. The van der Waals surface area contributed by atoms with Crippen LogP contribution in [0.5, 0.6) is 11.5 Å². The summed E-state index contributed by atoms with van der Waals surface area (Å²) in [7, 11) is 1.69. The molecule has 120 valence electrons. The summed E-state index contributed by atoms with van der Waals surface area (Å²) in [5.74, 6) is -0.276. The van der Waals surface area contributed by atoms with Crippen molar-refractivity contribution >= 4 is 5.91 Å². The van der Waals surface area contributed by atoms with E-state index in [0.717, 1.165) is 6.42 Å². The molecule has 2 N–H and O–H groups in total. The fourth-order valence-electron chi connectivity index (χ4n) is 4.67. The lowest BCUT2D eigenvalue weighted by Gasteiger charge is -2.56. The molecule has 0 spiro atoms. The highest BCUT2D eigenvalue weighted by Crippen LogP contribution is 2.62. The van der Waals surface area contributed by atoms with Crippen molar-refractivity contribution in [3.05, 3.63) is 23.8 Å². The molecule has 1 aliphatic heterocycles. The van der Waals surface area contributed by atoms with Crippen molar-refractivity contribution in [1.82, 2.24) is 4.90 Å². The van der Waals surface area contributed by atoms with E-state index in [9.17, 15) is 15.0 Å². The first-order valence-electron chi connectivity index (χ1n) is 7.60. The molecule has 2 fully saturated rings. The number of phenolic OH excluding ortho intramolecular Hbond substituents is 2. The molecule has 1 saturated heterocycles. The standard InChI is InChI=1S/C17H23NO4/c1-16(2)8-17(10-22-3)9-18(7-13(16)17)15(21)14-11(19)5-4-6-12(14)20/h4-6,13,19-20H,7-10H2,1-3H3/t13-,17-/m1/s1. The van der Waals surface area contributed by atoms with Gasteiger partial charge in [-0.25, -0.2) is 0 Å². The molecule has 1 aromatic rings. The lowest BCUT2D eigenvalue weighted by Crippen LogP contribution is -2.55. The minimum atomic E-state index is -0.309. The van der Waals surface area contributed by atoms with Crippen molar-refractivity contribution in [2.45, 2.75) is 20.3 Å². The number of nitrogens with zero attached hydrogens (tertiary/aromatic N) is 1. The molecule has 1 amide bonds. The van der Waals surface area contributed by atoms with E-state index in [1.54, 1.807) is 12.0 Å². The van der Waals surface area contributed by atoms with Gasteiger partial charge in [0.1, 0.15) is 17.1 Å². The number of hydrogen-bond donors (Lipinski definition) is 2. The summed E-state index contributed by atoms with van der Waals surface area (Å²) in [6.45, 7) is 6.33. The summed E-state index contributed by atoms with van der Waals surface area (Å²) in [5, 5.41) is 19.8. The van der Waals surface area contributed by atoms with Gasteiger partial charge in [-0.15, -0.1) is 0 Å². The van der Waals surface area contributed by atoms with Crippen LogP contribution in [0.25, 0.3) is 0 Å². The van der Waals surface area contributed by atoms with Crippen molar-refractivity contribution in [1.29, 1.82) is 0 Å². The molecule has 0 radical (unpaired) electrons. The monoisotopic (exact) mass is 305 g/mol. The topological polar surface area (TPSA) is 70.0 Å². The third kappa shape index (κ3) is 2.07. The number of methoxy groups -OCH3 is 1. The maximum absolute atomic E-state index is 12.7. The SMILES string of the molecule is COC[C@@]12CN(C(=O)c3c(O)cccc3O)C[C@@H]1C(C)(C)C2. The van der Waals surface area contributed by atoms with E-state index < -0.39 is 0 Å². The number of aromatic hydroxyl groups is 2. The molecule has 1 saturated carbocycles. The predicted molar refractivity (Wildman–Crippen MR) is 81.9 cm³/mol. The zero-order chi connectivity index (χ0) is 16.1. The first-order chi connectivity index (χ1) is 10.3. The molecule has 5 heteroatoms. The molecule has 2 atom stereocenters. The molecule has 1 heterocycles. The Morgan fingerprint density at radius 2 is 2.00 bits per heavy atom. The maximum Gasteiger partial charge on any atom is 0.261 e. The van der Waals surface area contributed by atoms with E-state index in [-0.39, 0.29) is 33.8 Å². The average molecular weight is 305 g/mol. The fraction of sp³-hybridized carbons (Fsp3) is 0.588. The van der Waals surface area contributed by atoms with Gasteiger partial charge >= 0.3 is 0 Å². The number of carbonyl (C=O) groups is 1. The van der Waals surface area contributed by atoms with Crippen molar-refractivity contribution in [2.75, 3.05) is 26.8 Å². The van der Waals surface area contributed by atoms with Crippen LogP contribution in [0.15, 0.2) is 18.2 Å². The quantitative estimate of drug-likeness (QED) is 0.898. The predicted octanol–water partition coefficient (Wildman–Crippen LogP) is 2.23. The minimum Gasteiger partial charge on any atom is -0.507 e. The minimum absolute atomic E-state index is 0.00540. The highest BCUT2D eigenvalue weighted by molar-refractivity contribution is 5.99. The van der Waals surface area contributed by atoms with E-state index in [2.05, 4.69) is 13.8 Å². The van der Waals surface area contributed by atoms with Gasteiger partial charge in [0.15, 0.2) is 0 Å². The van der Waals surface area contributed by atoms with Gasteiger partial charge in [-0.1, -0.05) is 19.9 Å². The Kier molecular flexibility index (Phi) is 3.36. The number of likely N-dealkylation sites (tertiary alicyclic amines) is 1. The van der Waals surface area contributed by atoms with Crippen LogP contribution in [0, 0.1) is 16.7 Å². The van der Waals surface area contributed by atoms with E-state index in [1.165, 1.54) is 18.2 Å². The first kappa shape index (κ1) is 15.2. The van der Waals surface area contributed by atoms with E-state index in [4.69, 9.17) is 4.74 Å². The Hall–Kier alpha value is -1.75. The highest BCUT2D eigenvalue weighted by Gasteiger charge is 2.63. The van der Waals surface area contributed by atoms with Crippen LogP contribution in [0.1, 0.15) is 30.6 Å². The molecule has 5 nitrogen and oxygen atoms in total. The zero-order valence-corrected chi connectivity index (χ0v) is 13.3. The largest absolute Gasteiger partial charge is 0.507 e. The molecule has 0 unspecified atom stereocenters. The van der Waals surface area contributed by atoms with Gasteiger partial charge in [0.25, 0.3) is 5.91 Å². The Bertz CT molecular complexity index is 592. The second kappa shape index (κ2) is 4.88. The third-order valence-corrected chi connectivity index (χ3v) is 5.35. The third-order valence-electron chi connectivity index (χ3n) is 5.35. The van der Waals surface area contributed by atoms with E-state index in [0.29, 0.717) is 25.6 Å². The molecule has 1 aliphatic carbocycles. The molecule has 0 bridgehead atoms. The molecule has 3 rings (SSSR count). The molecule has 22 heavy (non-hydrogen) atoms. The average Bonchev–Trinajstić information content (AvgIpc) is 2.74. The van der Waals surface area contributed by atoms with Gasteiger partial charge in [-0.05, 0) is 29.9 Å². The van der Waals surface area contributed by atoms with Crippen LogP contribution in [0.3, 0.4) is 0 Å². The Morgan fingerprint density at radius 3 is 2.55 bits per heavy atom. The van der Waals surface area contributed by atoms with Gasteiger partial charge in [-0.3, -0.25) is 4.79 Å². The van der Waals surface area contributed by atoms with Gasteiger partial charge < -0.3 is 19.8 Å². The summed E-state index contributed by atoms with van der Waals surface area (Å²) in [6, 6.07) is 4.36. The number of ether oxygens (including phenoxy) is 1. The summed E-state index contributed by atoms with van der Waals surface area (Å²) >= 11 is 0. The fourth-order valence-corrected chi connectivity index (χ4v) is 4.67. The molecular formula is C17H23NO4. The number of benzene rings is 1. The van der Waals surface area contributed by atoms with Crippen molar-refractivity contribution in [3.8, 4) is 11.5 Å². The summed E-state index contributed by atoms with van der Waals surface area (Å²) in [5.41, 5.74) is 0.191. The Morgan fingerprint density at radius 1 is 1.36 bits per heavy atom. The van der Waals surface area contributed by atoms with Crippen molar-refractivity contribution < 1.29 is 19.7 Å². The van der Waals surface area contributed by atoms with Gasteiger partial charge in [-0.2, -0.15) is 0 Å². The van der Waals surface area contributed by atoms with Crippen molar-refractivity contribution in [2.24, 2.45) is 16.7 Å². The van der Waals surface area contributed by atoms with E-state index in [1.807, 2.05) is 0 Å². The Balaban J connectivity index is 1.87. The maximum atomic E-state index is 12.7. The van der Waals surface area contributed by atoms with Gasteiger partial charge in [0.05, 0.1) is 6.61 Å². The molecule has 1 aromatic carbocycles. The summed E-state index contributed by atoms with van der Waals surface area (Å²) in [6.07, 6.45) is 1.02. The van der Waals surface area contributed by atoms with Crippen LogP contribution < -0.4 is 0 Å².